The van der Waals surface area contributed by atoms with Gasteiger partial charge in [0.25, 0.3) is 0 Å². The molecule has 0 saturated heterocycles. The maximum Gasteiger partial charge on any atom is 0.104 e. The zero-order valence-electron chi connectivity index (χ0n) is 11.2. The highest BCUT2D eigenvalue weighted by molar-refractivity contribution is 5.75. The van der Waals surface area contributed by atoms with Gasteiger partial charge in [-0.3, -0.25) is 0 Å². The van der Waals surface area contributed by atoms with Gasteiger partial charge in [0.05, 0.1) is 11.0 Å². The first kappa shape index (κ1) is 13.1. The molecule has 4 heteroatoms. The van der Waals surface area contributed by atoms with Crippen molar-refractivity contribution in [2.24, 2.45) is 0 Å². The van der Waals surface area contributed by atoms with E-state index in [2.05, 4.69) is 45.7 Å². The van der Waals surface area contributed by atoms with Crippen LogP contribution in [0, 0.1) is 6.92 Å². The van der Waals surface area contributed by atoms with Crippen molar-refractivity contribution in [3.05, 3.63) is 29.6 Å². The molecule has 0 unspecified atom stereocenters. The van der Waals surface area contributed by atoms with Crippen LogP contribution in [-0.4, -0.2) is 36.1 Å². The third-order valence-electron chi connectivity index (χ3n) is 2.98. The Morgan fingerprint density at radius 3 is 2.83 bits per heavy atom. The lowest BCUT2D eigenvalue weighted by Gasteiger charge is -2.05. The number of aromatic amines is 1. The molecule has 0 amide bonds. The molecule has 3 N–H and O–H groups in total. The number of aromatic nitrogens is 2. The van der Waals surface area contributed by atoms with E-state index in [1.807, 2.05) is 6.92 Å². The molecule has 0 aliphatic carbocycles. The first-order chi connectivity index (χ1) is 8.79. The Morgan fingerprint density at radius 2 is 2.00 bits per heavy atom. The highest BCUT2D eigenvalue weighted by atomic mass is 14.9. The van der Waals surface area contributed by atoms with Crippen molar-refractivity contribution >= 4 is 11.0 Å². The Hall–Kier alpha value is -1.39. The normalized spacial score (nSPS) is 11.2. The number of fused-ring (bicyclic) bond motifs is 1. The van der Waals surface area contributed by atoms with Crippen LogP contribution in [0.5, 0.6) is 0 Å². The second kappa shape index (κ2) is 6.52. The molecule has 1 aromatic heterocycles. The van der Waals surface area contributed by atoms with E-state index in [0.717, 1.165) is 49.5 Å². The van der Waals surface area contributed by atoms with Crippen LogP contribution in [0.15, 0.2) is 18.2 Å². The van der Waals surface area contributed by atoms with Gasteiger partial charge in [-0.2, -0.15) is 0 Å². The fourth-order valence-corrected chi connectivity index (χ4v) is 2.05. The Balaban J connectivity index is 1.80. The highest BCUT2D eigenvalue weighted by Crippen LogP contribution is 2.13. The molecule has 0 bridgehead atoms. The number of likely N-dealkylation sites (N-methyl/N-ethyl adjacent to an activating group) is 1. The van der Waals surface area contributed by atoms with Crippen molar-refractivity contribution in [2.45, 2.75) is 20.3 Å². The molecular formula is C14H22N4. The van der Waals surface area contributed by atoms with Crippen LogP contribution in [0.4, 0.5) is 0 Å². The fourth-order valence-electron chi connectivity index (χ4n) is 2.05. The van der Waals surface area contributed by atoms with Crippen molar-refractivity contribution in [3.8, 4) is 0 Å². The molecule has 0 atom stereocenters. The van der Waals surface area contributed by atoms with Gasteiger partial charge in [-0.25, -0.2) is 4.98 Å². The number of aryl methyl sites for hydroxylation is 1. The van der Waals surface area contributed by atoms with Gasteiger partial charge in [0.1, 0.15) is 5.82 Å². The highest BCUT2D eigenvalue weighted by Gasteiger charge is 2.00. The van der Waals surface area contributed by atoms with Crippen LogP contribution in [0.2, 0.25) is 0 Å². The number of nitrogens with zero attached hydrogens (tertiary/aromatic N) is 1. The largest absolute Gasteiger partial charge is 0.342 e. The minimum atomic E-state index is 0.978. The summed E-state index contributed by atoms with van der Waals surface area (Å²) in [5.74, 6) is 0.978. The summed E-state index contributed by atoms with van der Waals surface area (Å²) in [5.41, 5.74) is 3.54. The number of rotatable bonds is 7. The van der Waals surface area contributed by atoms with E-state index in [1.165, 1.54) is 5.56 Å². The molecule has 2 aromatic rings. The van der Waals surface area contributed by atoms with Gasteiger partial charge in [0.2, 0.25) is 0 Å². The van der Waals surface area contributed by atoms with E-state index in [1.54, 1.807) is 0 Å². The molecule has 0 aliphatic rings. The zero-order valence-corrected chi connectivity index (χ0v) is 11.2. The van der Waals surface area contributed by atoms with Crippen molar-refractivity contribution < 1.29 is 0 Å². The van der Waals surface area contributed by atoms with Crippen LogP contribution >= 0.6 is 0 Å². The van der Waals surface area contributed by atoms with Crippen LogP contribution in [0.3, 0.4) is 0 Å². The van der Waals surface area contributed by atoms with Crippen LogP contribution in [0.25, 0.3) is 11.0 Å². The zero-order chi connectivity index (χ0) is 12.8. The van der Waals surface area contributed by atoms with E-state index >= 15 is 0 Å². The Labute approximate surface area is 108 Å². The third-order valence-corrected chi connectivity index (χ3v) is 2.98. The molecule has 1 heterocycles. The first-order valence-corrected chi connectivity index (χ1v) is 6.66. The lowest BCUT2D eigenvalue weighted by Crippen LogP contribution is -2.28. The summed E-state index contributed by atoms with van der Waals surface area (Å²) in [5, 5.41) is 6.73. The SMILES string of the molecule is CCNCCNCCc1ccc2nc(C)[nH]c2c1. The molecule has 98 valence electrons. The maximum atomic E-state index is 4.41. The Bertz CT molecular complexity index is 489. The summed E-state index contributed by atoms with van der Waals surface area (Å²) in [6, 6.07) is 6.45. The second-order valence-corrected chi connectivity index (χ2v) is 4.53. The summed E-state index contributed by atoms with van der Waals surface area (Å²) >= 11 is 0. The molecule has 0 aliphatic heterocycles. The molecule has 0 spiro atoms. The predicted octanol–water partition coefficient (Wildman–Crippen LogP) is 1.61. The standard InChI is InChI=1S/C14H22N4/c1-3-15-8-9-16-7-6-12-4-5-13-14(10-12)18-11(2)17-13/h4-5,10,15-16H,3,6-9H2,1-2H3,(H,17,18). The van der Waals surface area contributed by atoms with E-state index in [0.29, 0.717) is 0 Å². The monoisotopic (exact) mass is 246 g/mol. The minimum absolute atomic E-state index is 0.978. The van der Waals surface area contributed by atoms with Gasteiger partial charge in [0, 0.05) is 13.1 Å². The predicted molar refractivity (Wildman–Crippen MR) is 75.9 cm³/mol. The first-order valence-electron chi connectivity index (χ1n) is 6.66. The lowest BCUT2D eigenvalue weighted by atomic mass is 10.1. The van der Waals surface area contributed by atoms with Crippen LogP contribution < -0.4 is 10.6 Å². The third kappa shape index (κ3) is 3.55. The number of imidazole rings is 1. The maximum absolute atomic E-state index is 4.41. The molecule has 0 saturated carbocycles. The number of hydrogen-bond acceptors (Lipinski definition) is 3. The van der Waals surface area contributed by atoms with Gasteiger partial charge in [-0.15, -0.1) is 0 Å². The van der Waals surface area contributed by atoms with E-state index in [4.69, 9.17) is 0 Å². The molecule has 0 radical (unpaired) electrons. The summed E-state index contributed by atoms with van der Waals surface area (Å²) in [6.45, 7) is 8.24. The molecule has 18 heavy (non-hydrogen) atoms. The van der Waals surface area contributed by atoms with Gasteiger partial charge in [0.15, 0.2) is 0 Å². The second-order valence-electron chi connectivity index (χ2n) is 4.53. The van der Waals surface area contributed by atoms with E-state index in [-0.39, 0.29) is 0 Å². The van der Waals surface area contributed by atoms with Crippen molar-refractivity contribution in [1.82, 2.24) is 20.6 Å². The number of H-pyrrole nitrogens is 1. The topological polar surface area (TPSA) is 52.7 Å². The van der Waals surface area contributed by atoms with Crippen molar-refractivity contribution in [2.75, 3.05) is 26.2 Å². The van der Waals surface area contributed by atoms with E-state index in [9.17, 15) is 0 Å². The summed E-state index contributed by atoms with van der Waals surface area (Å²) in [7, 11) is 0. The average Bonchev–Trinajstić information content (AvgIpc) is 2.73. The fraction of sp³-hybridized carbons (Fsp3) is 0.500. The Kier molecular flexibility index (Phi) is 4.73. The van der Waals surface area contributed by atoms with Crippen molar-refractivity contribution in [1.29, 1.82) is 0 Å². The van der Waals surface area contributed by atoms with Gasteiger partial charge >= 0.3 is 0 Å². The van der Waals surface area contributed by atoms with Gasteiger partial charge in [-0.05, 0) is 44.1 Å². The molecule has 1 aromatic carbocycles. The van der Waals surface area contributed by atoms with E-state index < -0.39 is 0 Å². The quantitative estimate of drug-likeness (QED) is 0.651. The average molecular weight is 246 g/mol. The molecule has 4 nitrogen and oxygen atoms in total. The summed E-state index contributed by atoms with van der Waals surface area (Å²) < 4.78 is 0. The molecular weight excluding hydrogens is 224 g/mol. The molecule has 0 fully saturated rings. The molecule has 2 rings (SSSR count). The smallest absolute Gasteiger partial charge is 0.104 e. The minimum Gasteiger partial charge on any atom is -0.342 e. The van der Waals surface area contributed by atoms with Crippen molar-refractivity contribution in [3.63, 3.8) is 0 Å². The number of nitrogens with one attached hydrogen (secondary N) is 3. The summed E-state index contributed by atoms with van der Waals surface area (Å²) in [4.78, 5) is 7.68. The number of hydrogen-bond donors (Lipinski definition) is 3. The van der Waals surface area contributed by atoms with Gasteiger partial charge < -0.3 is 15.6 Å². The van der Waals surface area contributed by atoms with Crippen LogP contribution in [-0.2, 0) is 6.42 Å². The number of benzene rings is 1. The lowest BCUT2D eigenvalue weighted by molar-refractivity contribution is 0.624. The van der Waals surface area contributed by atoms with Crippen LogP contribution in [0.1, 0.15) is 18.3 Å². The Morgan fingerprint density at radius 1 is 1.17 bits per heavy atom. The summed E-state index contributed by atoms with van der Waals surface area (Å²) in [6.07, 6.45) is 1.06. The van der Waals surface area contributed by atoms with Gasteiger partial charge in [-0.1, -0.05) is 13.0 Å².